The Labute approximate surface area is 128 Å². The van der Waals surface area contributed by atoms with Crippen LogP contribution < -0.4 is 5.73 Å². The maximum atomic E-state index is 14.0. The molecule has 1 aliphatic rings. The number of hydrogen-bond acceptors (Lipinski definition) is 3. The summed E-state index contributed by atoms with van der Waals surface area (Å²) < 4.78 is 14.0. The van der Waals surface area contributed by atoms with Crippen molar-refractivity contribution in [2.24, 2.45) is 5.73 Å². The molecule has 3 rings (SSSR count). The highest BCUT2D eigenvalue weighted by atomic mass is 32.1. The van der Waals surface area contributed by atoms with Crippen molar-refractivity contribution in [2.45, 2.75) is 37.7 Å². The van der Waals surface area contributed by atoms with Gasteiger partial charge in [-0.15, -0.1) is 11.3 Å². The Kier molecular flexibility index (Phi) is 4.38. The highest BCUT2D eigenvalue weighted by Gasteiger charge is 2.26. The maximum Gasteiger partial charge on any atom is 0.126 e. The van der Waals surface area contributed by atoms with Crippen molar-refractivity contribution in [1.82, 2.24) is 0 Å². The fraction of sp³-hybridized carbons (Fsp3) is 0.412. The maximum absolute atomic E-state index is 14.0. The van der Waals surface area contributed by atoms with Gasteiger partial charge in [-0.3, -0.25) is 0 Å². The fourth-order valence-corrected chi connectivity index (χ4v) is 4.37. The lowest BCUT2D eigenvalue weighted by Gasteiger charge is -2.21. The Morgan fingerprint density at radius 2 is 2.00 bits per heavy atom. The van der Waals surface area contributed by atoms with Gasteiger partial charge in [0.15, 0.2) is 0 Å². The Balaban J connectivity index is 1.90. The third-order valence-corrected chi connectivity index (χ3v) is 5.55. The van der Waals surface area contributed by atoms with E-state index in [4.69, 9.17) is 5.73 Å². The summed E-state index contributed by atoms with van der Waals surface area (Å²) in [5.74, 6) is -0.695. The molecule has 2 atom stereocenters. The number of aliphatic hydroxyl groups is 1. The predicted octanol–water partition coefficient (Wildman–Crippen LogP) is 3.54. The van der Waals surface area contributed by atoms with E-state index in [0.29, 0.717) is 5.56 Å². The van der Waals surface area contributed by atoms with E-state index in [9.17, 15) is 9.50 Å². The van der Waals surface area contributed by atoms with Crippen LogP contribution in [0.1, 0.15) is 45.7 Å². The first-order valence-electron chi connectivity index (χ1n) is 7.44. The number of aliphatic hydroxyl groups excluding tert-OH is 1. The minimum Gasteiger partial charge on any atom is -0.387 e. The quantitative estimate of drug-likeness (QED) is 0.907. The molecule has 1 aromatic carbocycles. The molecule has 1 aromatic heterocycles. The first-order valence-corrected chi connectivity index (χ1v) is 8.26. The molecule has 0 spiro atoms. The van der Waals surface area contributed by atoms with Gasteiger partial charge in [0.05, 0.1) is 6.10 Å². The van der Waals surface area contributed by atoms with Crippen LogP contribution in [0.3, 0.4) is 0 Å². The zero-order valence-corrected chi connectivity index (χ0v) is 12.7. The molecule has 0 fully saturated rings. The number of aryl methyl sites for hydroxylation is 2. The molecule has 1 heterocycles. The third kappa shape index (κ3) is 2.89. The molecule has 0 radical (unpaired) electrons. The molecule has 0 saturated heterocycles. The van der Waals surface area contributed by atoms with Gasteiger partial charge in [0, 0.05) is 22.2 Å². The second-order valence-electron chi connectivity index (χ2n) is 5.61. The van der Waals surface area contributed by atoms with Crippen molar-refractivity contribution in [3.63, 3.8) is 0 Å². The van der Waals surface area contributed by atoms with Crippen molar-refractivity contribution >= 4 is 11.3 Å². The molecule has 4 heteroatoms. The number of nitrogens with two attached hydrogens (primary N) is 1. The van der Waals surface area contributed by atoms with Crippen LogP contribution in [0.15, 0.2) is 30.3 Å². The van der Waals surface area contributed by atoms with E-state index in [1.807, 2.05) is 0 Å². The molecule has 112 valence electrons. The van der Waals surface area contributed by atoms with Gasteiger partial charge in [-0.25, -0.2) is 4.39 Å². The lowest BCUT2D eigenvalue weighted by molar-refractivity contribution is 0.149. The van der Waals surface area contributed by atoms with Crippen LogP contribution in [0.4, 0.5) is 4.39 Å². The SMILES string of the molecule is NCC(c1ccccc1F)C(O)c1cc2c(s1)CCCC2. The smallest absolute Gasteiger partial charge is 0.126 e. The summed E-state index contributed by atoms with van der Waals surface area (Å²) in [4.78, 5) is 2.29. The van der Waals surface area contributed by atoms with Crippen LogP contribution in [-0.2, 0) is 12.8 Å². The van der Waals surface area contributed by atoms with Crippen molar-refractivity contribution in [1.29, 1.82) is 0 Å². The second-order valence-corrected chi connectivity index (χ2v) is 6.78. The predicted molar refractivity (Wildman–Crippen MR) is 84.1 cm³/mol. The number of rotatable bonds is 4. The molecule has 2 unspecified atom stereocenters. The number of thiophene rings is 1. The average molecular weight is 305 g/mol. The van der Waals surface area contributed by atoms with Crippen molar-refractivity contribution in [2.75, 3.05) is 6.54 Å². The first-order chi connectivity index (χ1) is 10.2. The number of benzene rings is 1. The summed E-state index contributed by atoms with van der Waals surface area (Å²) in [6.45, 7) is 0.227. The summed E-state index contributed by atoms with van der Waals surface area (Å²) in [6.07, 6.45) is 3.89. The fourth-order valence-electron chi connectivity index (χ4n) is 3.06. The van der Waals surface area contributed by atoms with E-state index < -0.39 is 12.0 Å². The van der Waals surface area contributed by atoms with E-state index in [2.05, 4.69) is 6.07 Å². The zero-order valence-electron chi connectivity index (χ0n) is 11.9. The summed E-state index contributed by atoms with van der Waals surface area (Å²) in [5, 5.41) is 10.7. The van der Waals surface area contributed by atoms with E-state index >= 15 is 0 Å². The molecule has 2 nitrogen and oxygen atoms in total. The molecular formula is C17H20FNOS. The zero-order chi connectivity index (χ0) is 14.8. The molecule has 1 aliphatic carbocycles. The number of hydrogen-bond donors (Lipinski definition) is 2. The molecule has 0 saturated carbocycles. The highest BCUT2D eigenvalue weighted by molar-refractivity contribution is 7.12. The Morgan fingerprint density at radius 3 is 2.71 bits per heavy atom. The van der Waals surface area contributed by atoms with Crippen molar-refractivity contribution in [3.05, 3.63) is 57.0 Å². The minimum absolute atomic E-state index is 0.227. The number of fused-ring (bicyclic) bond motifs is 1. The molecule has 0 aliphatic heterocycles. The van der Waals surface area contributed by atoms with Gasteiger partial charge in [0.2, 0.25) is 0 Å². The van der Waals surface area contributed by atoms with E-state index in [1.165, 1.54) is 29.3 Å². The highest BCUT2D eigenvalue weighted by Crippen LogP contribution is 2.38. The van der Waals surface area contributed by atoms with Crippen LogP contribution >= 0.6 is 11.3 Å². The molecule has 0 amide bonds. The van der Waals surface area contributed by atoms with Gasteiger partial charge >= 0.3 is 0 Å². The van der Waals surface area contributed by atoms with Crippen LogP contribution in [0, 0.1) is 5.82 Å². The number of halogens is 1. The first kappa shape index (κ1) is 14.7. The lowest BCUT2D eigenvalue weighted by Crippen LogP contribution is -2.20. The van der Waals surface area contributed by atoms with E-state index in [0.717, 1.165) is 17.7 Å². The van der Waals surface area contributed by atoms with Crippen molar-refractivity contribution in [3.8, 4) is 0 Å². The topological polar surface area (TPSA) is 46.2 Å². The Morgan fingerprint density at radius 1 is 1.24 bits per heavy atom. The second kappa shape index (κ2) is 6.26. The van der Waals surface area contributed by atoms with Gasteiger partial charge in [-0.05, 0) is 48.9 Å². The summed E-state index contributed by atoms with van der Waals surface area (Å²) in [7, 11) is 0. The van der Waals surface area contributed by atoms with Crippen LogP contribution in [0.2, 0.25) is 0 Å². The van der Waals surface area contributed by atoms with E-state index in [-0.39, 0.29) is 12.4 Å². The largest absolute Gasteiger partial charge is 0.387 e. The molecule has 2 aromatic rings. The molecule has 21 heavy (non-hydrogen) atoms. The van der Waals surface area contributed by atoms with Gasteiger partial charge in [-0.1, -0.05) is 18.2 Å². The normalized spacial score (nSPS) is 17.3. The monoisotopic (exact) mass is 305 g/mol. The van der Waals surface area contributed by atoms with Crippen LogP contribution in [0.25, 0.3) is 0 Å². The minimum atomic E-state index is -0.734. The van der Waals surface area contributed by atoms with Gasteiger partial charge in [0.25, 0.3) is 0 Å². The summed E-state index contributed by atoms with van der Waals surface area (Å²) in [6, 6.07) is 8.66. The summed E-state index contributed by atoms with van der Waals surface area (Å²) >= 11 is 1.66. The van der Waals surface area contributed by atoms with Gasteiger partial charge in [-0.2, -0.15) is 0 Å². The van der Waals surface area contributed by atoms with Crippen LogP contribution in [-0.4, -0.2) is 11.7 Å². The van der Waals surface area contributed by atoms with Gasteiger partial charge < -0.3 is 10.8 Å². The standard InChI is InChI=1S/C17H20FNOS/c18-14-7-3-2-6-12(14)13(10-19)17(20)16-9-11-5-1-4-8-15(11)21-16/h2-3,6-7,9,13,17,20H,1,4-5,8,10,19H2. The Bertz CT molecular complexity index is 602. The molecule has 0 bridgehead atoms. The summed E-state index contributed by atoms with van der Waals surface area (Å²) in [5.41, 5.74) is 7.66. The lowest BCUT2D eigenvalue weighted by atomic mass is 9.91. The molecular weight excluding hydrogens is 285 g/mol. The van der Waals surface area contributed by atoms with Gasteiger partial charge in [0.1, 0.15) is 5.82 Å². The van der Waals surface area contributed by atoms with Crippen molar-refractivity contribution < 1.29 is 9.50 Å². The average Bonchev–Trinajstić information content (AvgIpc) is 2.93. The Hall–Kier alpha value is -1.23. The van der Waals surface area contributed by atoms with Crippen LogP contribution in [0.5, 0.6) is 0 Å². The van der Waals surface area contributed by atoms with E-state index in [1.54, 1.807) is 29.5 Å². The molecule has 3 N–H and O–H groups in total. The third-order valence-electron chi connectivity index (χ3n) is 4.25.